The van der Waals surface area contributed by atoms with Gasteiger partial charge in [-0.15, -0.1) is 11.3 Å². The molecule has 0 saturated heterocycles. The number of hydrogen-bond donors (Lipinski definition) is 2. The van der Waals surface area contributed by atoms with Crippen molar-refractivity contribution in [1.29, 1.82) is 0 Å². The van der Waals surface area contributed by atoms with E-state index < -0.39 is 18.4 Å². The molecule has 0 saturated carbocycles. The molecule has 1 amide bonds. The summed E-state index contributed by atoms with van der Waals surface area (Å²) in [5, 5.41) is 11.4. The summed E-state index contributed by atoms with van der Waals surface area (Å²) in [5.74, 6) is -0.160. The molecule has 2 heterocycles. The number of rotatable bonds is 4. The third kappa shape index (κ3) is 3.00. The average Bonchev–Trinajstić information content (AvgIpc) is 2.92. The van der Waals surface area contributed by atoms with Crippen molar-refractivity contribution in [3.63, 3.8) is 0 Å². The van der Waals surface area contributed by atoms with Gasteiger partial charge in [0.25, 0.3) is 5.91 Å². The molecular formula is C12H12N2O4S. The first-order valence-corrected chi connectivity index (χ1v) is 6.33. The number of carboxylic acid groups (broad SMARTS) is 1. The Morgan fingerprint density at radius 1 is 1.42 bits per heavy atom. The molecule has 2 rings (SSSR count). The Kier molecular flexibility index (Phi) is 3.66. The Bertz CT molecular complexity index is 629. The molecule has 19 heavy (non-hydrogen) atoms. The predicted molar refractivity (Wildman–Crippen MR) is 69.3 cm³/mol. The SMILES string of the molecule is Cc1ccc(-c2nc(C)c(C(=O)NCC(=O)O)s2)o1. The Hall–Kier alpha value is -2.15. The van der Waals surface area contributed by atoms with Crippen LogP contribution in [-0.4, -0.2) is 28.5 Å². The summed E-state index contributed by atoms with van der Waals surface area (Å²) < 4.78 is 5.44. The van der Waals surface area contributed by atoms with E-state index in [0.29, 0.717) is 21.3 Å². The second-order valence-electron chi connectivity index (χ2n) is 3.92. The van der Waals surface area contributed by atoms with Gasteiger partial charge in [0.1, 0.15) is 17.2 Å². The Morgan fingerprint density at radius 2 is 2.16 bits per heavy atom. The van der Waals surface area contributed by atoms with Gasteiger partial charge < -0.3 is 14.8 Å². The lowest BCUT2D eigenvalue weighted by atomic mass is 10.3. The fraction of sp³-hybridized carbons (Fsp3) is 0.250. The van der Waals surface area contributed by atoms with Gasteiger partial charge in [-0.05, 0) is 26.0 Å². The zero-order chi connectivity index (χ0) is 14.0. The molecule has 0 atom stereocenters. The van der Waals surface area contributed by atoms with Crippen LogP contribution in [0, 0.1) is 13.8 Å². The van der Waals surface area contributed by atoms with Gasteiger partial charge in [-0.3, -0.25) is 9.59 Å². The first kappa shape index (κ1) is 13.3. The average molecular weight is 280 g/mol. The molecule has 2 aromatic rings. The summed E-state index contributed by atoms with van der Waals surface area (Å²) in [4.78, 5) is 26.8. The third-order valence-corrected chi connectivity index (χ3v) is 3.52. The molecule has 0 unspecified atom stereocenters. The number of aryl methyl sites for hydroxylation is 2. The number of aromatic nitrogens is 1. The van der Waals surface area contributed by atoms with Crippen molar-refractivity contribution >= 4 is 23.2 Å². The highest BCUT2D eigenvalue weighted by Crippen LogP contribution is 2.29. The van der Waals surface area contributed by atoms with Crippen molar-refractivity contribution in [3.05, 3.63) is 28.5 Å². The summed E-state index contributed by atoms with van der Waals surface area (Å²) in [6, 6.07) is 3.60. The highest BCUT2D eigenvalue weighted by Gasteiger charge is 2.18. The largest absolute Gasteiger partial charge is 0.480 e. The van der Waals surface area contributed by atoms with E-state index in [1.807, 2.05) is 13.0 Å². The van der Waals surface area contributed by atoms with Crippen molar-refractivity contribution in [3.8, 4) is 10.8 Å². The van der Waals surface area contributed by atoms with E-state index in [-0.39, 0.29) is 0 Å². The van der Waals surface area contributed by atoms with Crippen molar-refractivity contribution < 1.29 is 19.1 Å². The second-order valence-corrected chi connectivity index (χ2v) is 4.92. The van der Waals surface area contributed by atoms with E-state index in [4.69, 9.17) is 9.52 Å². The highest BCUT2D eigenvalue weighted by molar-refractivity contribution is 7.17. The maximum Gasteiger partial charge on any atom is 0.322 e. The molecular weight excluding hydrogens is 268 g/mol. The van der Waals surface area contributed by atoms with Gasteiger partial charge in [-0.2, -0.15) is 0 Å². The number of carbonyl (C=O) groups excluding carboxylic acids is 1. The van der Waals surface area contributed by atoms with Crippen LogP contribution in [0.15, 0.2) is 16.5 Å². The smallest absolute Gasteiger partial charge is 0.322 e. The molecule has 6 nitrogen and oxygen atoms in total. The number of nitrogens with one attached hydrogen (secondary N) is 1. The number of aliphatic carboxylic acids is 1. The zero-order valence-corrected chi connectivity index (χ0v) is 11.2. The minimum absolute atomic E-state index is 0.394. The highest BCUT2D eigenvalue weighted by atomic mass is 32.1. The Balaban J connectivity index is 2.21. The summed E-state index contributed by atoms with van der Waals surface area (Å²) in [6.45, 7) is 3.11. The van der Waals surface area contributed by atoms with E-state index in [1.165, 1.54) is 11.3 Å². The summed E-state index contributed by atoms with van der Waals surface area (Å²) in [5.41, 5.74) is 0.553. The fourth-order valence-corrected chi connectivity index (χ4v) is 2.44. The van der Waals surface area contributed by atoms with Crippen LogP contribution in [0.5, 0.6) is 0 Å². The van der Waals surface area contributed by atoms with E-state index >= 15 is 0 Å². The lowest BCUT2D eigenvalue weighted by Gasteiger charge is -1.99. The lowest BCUT2D eigenvalue weighted by Crippen LogP contribution is -2.29. The lowest BCUT2D eigenvalue weighted by molar-refractivity contribution is -0.135. The molecule has 0 aliphatic carbocycles. The number of thiazole rings is 1. The van der Waals surface area contributed by atoms with Crippen LogP contribution in [0.4, 0.5) is 0 Å². The molecule has 100 valence electrons. The normalized spacial score (nSPS) is 10.4. The van der Waals surface area contributed by atoms with E-state index in [1.54, 1.807) is 13.0 Å². The maximum atomic E-state index is 11.8. The van der Waals surface area contributed by atoms with Crippen LogP contribution in [0.1, 0.15) is 21.1 Å². The van der Waals surface area contributed by atoms with Gasteiger partial charge in [-0.1, -0.05) is 0 Å². The second kappa shape index (κ2) is 5.23. The van der Waals surface area contributed by atoms with Crippen LogP contribution >= 0.6 is 11.3 Å². The van der Waals surface area contributed by atoms with Gasteiger partial charge >= 0.3 is 5.97 Å². The van der Waals surface area contributed by atoms with Gasteiger partial charge in [-0.25, -0.2) is 4.98 Å². The number of carbonyl (C=O) groups is 2. The van der Waals surface area contributed by atoms with Gasteiger partial charge in [0, 0.05) is 0 Å². The minimum atomic E-state index is -1.09. The Labute approximate surface area is 113 Å². The molecule has 0 aliphatic heterocycles. The minimum Gasteiger partial charge on any atom is -0.480 e. The molecule has 0 bridgehead atoms. The van der Waals surface area contributed by atoms with Gasteiger partial charge in [0.15, 0.2) is 10.8 Å². The summed E-state index contributed by atoms with van der Waals surface area (Å²) >= 11 is 1.18. The molecule has 0 fully saturated rings. The topological polar surface area (TPSA) is 92.4 Å². The number of amides is 1. The number of hydrogen-bond acceptors (Lipinski definition) is 5. The van der Waals surface area contributed by atoms with Crippen molar-refractivity contribution in [2.75, 3.05) is 6.54 Å². The van der Waals surface area contributed by atoms with E-state index in [2.05, 4.69) is 10.3 Å². The molecule has 0 aliphatic rings. The summed E-state index contributed by atoms with van der Waals surface area (Å²) in [7, 11) is 0. The van der Waals surface area contributed by atoms with Gasteiger partial charge in [0.2, 0.25) is 0 Å². The van der Waals surface area contributed by atoms with Crippen molar-refractivity contribution in [1.82, 2.24) is 10.3 Å². The molecule has 2 N–H and O–H groups in total. The van der Waals surface area contributed by atoms with Crippen LogP contribution in [0.25, 0.3) is 10.8 Å². The van der Waals surface area contributed by atoms with Gasteiger partial charge in [0.05, 0.1) is 5.69 Å². The van der Waals surface area contributed by atoms with Crippen molar-refractivity contribution in [2.24, 2.45) is 0 Å². The maximum absolute atomic E-state index is 11.8. The number of carboxylic acids is 1. The summed E-state index contributed by atoms with van der Waals surface area (Å²) in [6.07, 6.45) is 0. The monoisotopic (exact) mass is 280 g/mol. The third-order valence-electron chi connectivity index (χ3n) is 2.35. The van der Waals surface area contributed by atoms with E-state index in [0.717, 1.165) is 5.76 Å². The quantitative estimate of drug-likeness (QED) is 0.891. The van der Waals surface area contributed by atoms with Crippen LogP contribution in [0.3, 0.4) is 0 Å². The number of nitrogens with zero attached hydrogens (tertiary/aromatic N) is 1. The van der Waals surface area contributed by atoms with Crippen LogP contribution in [0.2, 0.25) is 0 Å². The number of furan rings is 1. The van der Waals surface area contributed by atoms with Crippen molar-refractivity contribution in [2.45, 2.75) is 13.8 Å². The van der Waals surface area contributed by atoms with Crippen LogP contribution in [-0.2, 0) is 4.79 Å². The van der Waals surface area contributed by atoms with Crippen LogP contribution < -0.4 is 5.32 Å². The molecule has 7 heteroatoms. The first-order chi connectivity index (χ1) is 8.97. The zero-order valence-electron chi connectivity index (χ0n) is 10.4. The Morgan fingerprint density at radius 3 is 2.74 bits per heavy atom. The predicted octanol–water partition coefficient (Wildman–Crippen LogP) is 1.83. The first-order valence-electron chi connectivity index (χ1n) is 5.51. The molecule has 2 aromatic heterocycles. The molecule has 0 aromatic carbocycles. The van der Waals surface area contributed by atoms with E-state index in [9.17, 15) is 9.59 Å². The molecule has 0 spiro atoms. The standard InChI is InChI=1S/C12H12N2O4S/c1-6-3-4-8(18-6)12-14-7(2)10(19-12)11(17)13-5-9(15)16/h3-4H,5H2,1-2H3,(H,13,17)(H,15,16). The fourth-order valence-electron chi connectivity index (χ4n) is 1.50. The molecule has 0 radical (unpaired) electrons.